The van der Waals surface area contributed by atoms with E-state index in [2.05, 4.69) is 48.5 Å². The van der Waals surface area contributed by atoms with E-state index in [-0.39, 0.29) is 15.8 Å². The molecular weight excluding hydrogens is 494 g/mol. The van der Waals surface area contributed by atoms with Gasteiger partial charge in [0.25, 0.3) is 0 Å². The lowest BCUT2D eigenvalue weighted by molar-refractivity contribution is 0.0182. The fraction of sp³-hybridized carbons (Fsp3) is 1.00. The number of hydrogen-bond donors (Lipinski definition) is 0. The summed E-state index contributed by atoms with van der Waals surface area (Å²) >= 11 is 0. The highest BCUT2D eigenvalue weighted by Gasteiger charge is 2.63. The highest BCUT2D eigenvalue weighted by molar-refractivity contribution is 7.61. The zero-order valence-corrected chi connectivity index (χ0v) is 28.2. The van der Waals surface area contributed by atoms with Crippen LogP contribution in [0.5, 0.6) is 0 Å². The van der Waals surface area contributed by atoms with Gasteiger partial charge in [0.05, 0.1) is 0 Å². The first-order valence-corrected chi connectivity index (χ1v) is 20.4. The fourth-order valence-electron chi connectivity index (χ4n) is 13.6. The molecule has 0 radical (unpaired) electrons. The Balaban J connectivity index is 1.22. The Kier molecular flexibility index (Phi) is 6.87. The van der Waals surface area contributed by atoms with Crippen LogP contribution >= 0.6 is 15.8 Å². The summed E-state index contributed by atoms with van der Waals surface area (Å²) in [5.74, 6) is 9.85. The summed E-state index contributed by atoms with van der Waals surface area (Å²) < 4.78 is 0. The molecule has 0 aliphatic heterocycles. The van der Waals surface area contributed by atoms with E-state index in [4.69, 9.17) is 0 Å². The lowest BCUT2D eigenvalue weighted by Gasteiger charge is -2.68. The van der Waals surface area contributed by atoms with E-state index in [1.807, 2.05) is 0 Å². The molecule has 0 aromatic carbocycles. The molecule has 8 bridgehead atoms. The molecule has 0 heterocycles. The maximum Gasteiger partial charge on any atom is -0.00814 e. The van der Waals surface area contributed by atoms with Crippen molar-refractivity contribution < 1.29 is 0 Å². The third-order valence-corrected chi connectivity index (χ3v) is 22.2. The Bertz CT molecular complexity index is 759. The molecule has 0 spiro atoms. The van der Waals surface area contributed by atoms with Gasteiger partial charge in [-0.2, -0.15) is 0 Å². The average molecular weight is 557 g/mol. The molecule has 3 atom stereocenters. The fourth-order valence-corrected chi connectivity index (χ4v) is 23.4. The van der Waals surface area contributed by atoms with Gasteiger partial charge in [-0.05, 0) is 170 Å². The molecule has 3 unspecified atom stereocenters. The van der Waals surface area contributed by atoms with Crippen LogP contribution in [0.2, 0.25) is 0 Å². The maximum atomic E-state index is 2.68. The van der Waals surface area contributed by atoms with Gasteiger partial charge in [-0.1, -0.05) is 70.7 Å². The van der Waals surface area contributed by atoms with E-state index in [0.29, 0.717) is 10.3 Å². The monoisotopic (exact) mass is 556 g/mol. The molecule has 2 heteroatoms. The molecule has 9 aliphatic carbocycles. The largest absolute Gasteiger partial charge is 0.0953 e. The summed E-state index contributed by atoms with van der Waals surface area (Å²) in [6.07, 6.45) is 26.4. The van der Waals surface area contributed by atoms with Crippen LogP contribution in [0.4, 0.5) is 0 Å². The van der Waals surface area contributed by atoms with Crippen LogP contribution in [0.3, 0.4) is 0 Å². The normalized spacial score (nSPS) is 50.4. The molecule has 216 valence electrons. The predicted octanol–water partition coefficient (Wildman–Crippen LogP) is 11.1. The minimum absolute atomic E-state index is 0.0211. The standard InChI is InChI=1S/C36H62P2/c1-24-8-9-31(32(24)23-37(33(2,3)4)34(5,6)7)22-38(35-16-25-10-26(17-35)12-27(11-25)18-35)36-19-28-13-29(20-36)15-30(14-28)21-36/h24-32H,8-23H2,1-7H3. The molecule has 0 aromatic rings. The van der Waals surface area contributed by atoms with E-state index < -0.39 is 0 Å². The second-order valence-corrected chi connectivity index (χ2v) is 25.8. The minimum Gasteiger partial charge on any atom is -0.0953 e. The van der Waals surface area contributed by atoms with E-state index in [1.54, 1.807) is 95.8 Å². The van der Waals surface area contributed by atoms with Crippen molar-refractivity contribution in [1.29, 1.82) is 0 Å². The van der Waals surface area contributed by atoms with Gasteiger partial charge in [0.15, 0.2) is 0 Å². The first-order chi connectivity index (χ1) is 17.8. The smallest absolute Gasteiger partial charge is 0.00814 e. The van der Waals surface area contributed by atoms with Crippen LogP contribution in [0.25, 0.3) is 0 Å². The highest BCUT2D eigenvalue weighted by Crippen LogP contribution is 2.79. The van der Waals surface area contributed by atoms with Crippen LogP contribution < -0.4 is 0 Å². The highest BCUT2D eigenvalue weighted by atomic mass is 31.1. The molecule has 0 nitrogen and oxygen atoms in total. The van der Waals surface area contributed by atoms with E-state index in [9.17, 15) is 0 Å². The van der Waals surface area contributed by atoms with Gasteiger partial charge < -0.3 is 0 Å². The lowest BCUT2D eigenvalue weighted by atomic mass is 9.55. The van der Waals surface area contributed by atoms with Crippen molar-refractivity contribution >= 4 is 15.8 Å². The topological polar surface area (TPSA) is 0 Å². The second-order valence-electron chi connectivity index (χ2n) is 18.8. The molecule has 9 fully saturated rings. The van der Waals surface area contributed by atoms with Crippen molar-refractivity contribution in [2.45, 2.75) is 159 Å². The predicted molar refractivity (Wildman–Crippen MR) is 170 cm³/mol. The van der Waals surface area contributed by atoms with Crippen molar-refractivity contribution in [1.82, 2.24) is 0 Å². The summed E-state index contributed by atoms with van der Waals surface area (Å²) in [4.78, 5) is 0. The molecule has 9 saturated carbocycles. The number of hydrogen-bond acceptors (Lipinski definition) is 0. The summed E-state index contributed by atoms with van der Waals surface area (Å²) in [6.45, 7) is 18.2. The van der Waals surface area contributed by atoms with Crippen LogP contribution in [-0.4, -0.2) is 32.9 Å². The average Bonchev–Trinajstić information content (AvgIpc) is 3.11. The van der Waals surface area contributed by atoms with Crippen LogP contribution in [0.1, 0.15) is 138 Å². The first kappa shape index (κ1) is 27.7. The van der Waals surface area contributed by atoms with E-state index in [0.717, 1.165) is 63.6 Å². The molecular formula is C36H62P2. The summed E-state index contributed by atoms with van der Waals surface area (Å²) in [7, 11) is 0.182. The molecule has 0 saturated heterocycles. The van der Waals surface area contributed by atoms with Crippen LogP contribution in [0.15, 0.2) is 0 Å². The Labute approximate surface area is 239 Å². The Morgan fingerprint density at radius 2 is 0.921 bits per heavy atom. The summed E-state index contributed by atoms with van der Waals surface area (Å²) in [5, 5.41) is 2.60. The van der Waals surface area contributed by atoms with Crippen LogP contribution in [-0.2, 0) is 0 Å². The molecule has 0 aromatic heterocycles. The SMILES string of the molecule is CC1CCC(CP(C23CC4CC(CC(C4)C2)C3)C23CC4CC(CC(C4)C2)C3)C1CP(C(C)(C)C)C(C)(C)C. The van der Waals surface area contributed by atoms with Crippen molar-refractivity contribution in [3.63, 3.8) is 0 Å². The summed E-state index contributed by atoms with van der Waals surface area (Å²) in [5.41, 5.74) is 0. The van der Waals surface area contributed by atoms with Crippen LogP contribution in [0, 0.1) is 53.3 Å². The third kappa shape index (κ3) is 4.75. The Hall–Kier alpha value is 0.860. The summed E-state index contributed by atoms with van der Waals surface area (Å²) in [6, 6.07) is 0. The zero-order valence-electron chi connectivity index (χ0n) is 26.4. The molecule has 0 amide bonds. The molecule has 9 aliphatic rings. The van der Waals surface area contributed by atoms with Gasteiger partial charge in [-0.25, -0.2) is 0 Å². The maximum absolute atomic E-state index is 2.68. The van der Waals surface area contributed by atoms with Crippen molar-refractivity contribution in [3.8, 4) is 0 Å². The first-order valence-electron chi connectivity index (χ1n) is 17.4. The van der Waals surface area contributed by atoms with Gasteiger partial charge in [0, 0.05) is 0 Å². The van der Waals surface area contributed by atoms with E-state index in [1.165, 1.54) is 6.42 Å². The van der Waals surface area contributed by atoms with Gasteiger partial charge >= 0.3 is 0 Å². The molecule has 38 heavy (non-hydrogen) atoms. The van der Waals surface area contributed by atoms with Crippen molar-refractivity contribution in [2.24, 2.45) is 53.3 Å². The van der Waals surface area contributed by atoms with Gasteiger partial charge in [0.2, 0.25) is 0 Å². The number of rotatable bonds is 6. The molecule has 9 rings (SSSR count). The Morgan fingerprint density at radius 1 is 0.553 bits per heavy atom. The minimum atomic E-state index is 0.0211. The van der Waals surface area contributed by atoms with E-state index >= 15 is 0 Å². The zero-order chi connectivity index (χ0) is 26.7. The Morgan fingerprint density at radius 3 is 1.26 bits per heavy atom. The lowest BCUT2D eigenvalue weighted by Crippen LogP contribution is -2.57. The third-order valence-electron chi connectivity index (χ3n) is 13.9. The van der Waals surface area contributed by atoms with Crippen molar-refractivity contribution in [3.05, 3.63) is 0 Å². The molecule has 0 N–H and O–H groups in total. The second kappa shape index (κ2) is 9.43. The van der Waals surface area contributed by atoms with Gasteiger partial charge in [0.1, 0.15) is 0 Å². The van der Waals surface area contributed by atoms with Gasteiger partial charge in [-0.15, -0.1) is 0 Å². The van der Waals surface area contributed by atoms with Crippen molar-refractivity contribution in [2.75, 3.05) is 12.3 Å². The van der Waals surface area contributed by atoms with Gasteiger partial charge in [-0.3, -0.25) is 0 Å². The quantitative estimate of drug-likeness (QED) is 0.285.